The molecule has 1 fully saturated rings. The van der Waals surface area contributed by atoms with Crippen molar-refractivity contribution in [1.82, 2.24) is 0 Å². The molecule has 0 bridgehead atoms. The van der Waals surface area contributed by atoms with Gasteiger partial charge < -0.3 is 42.7 Å². The van der Waals surface area contributed by atoms with Gasteiger partial charge in [-0.2, -0.15) is 12.1 Å². The minimum atomic E-state index is -1.36. The minimum absolute atomic E-state index is 0. The standard InChI is InChI=1S/C6H12N2.C4H6NO4.2H2O.Pt/c7-5-3-1-2-4-6(5)8;6-3(7)1-5-2-4(8)9;;;/h5-8H,1-4H2;1-2H2,(H,6,7)(H,8,9);2*1H2;/q-2;-1;;;/p-1. The number of nitrogens with zero attached hydrogens (tertiary/aromatic N) is 1. The summed E-state index contributed by atoms with van der Waals surface area (Å²) in [7, 11) is 0. The van der Waals surface area contributed by atoms with E-state index in [0.717, 1.165) is 12.8 Å². The van der Waals surface area contributed by atoms with Crippen LogP contribution in [0, 0.1) is 0 Å². The van der Waals surface area contributed by atoms with Crippen molar-refractivity contribution in [2.45, 2.75) is 37.8 Å². The first-order chi connectivity index (χ1) is 7.93. The SMILES string of the molecule is O.O.O=C([O-])C[N-]CC(=O)O.[NH-]C1CCCCC1[NH-].[Pt]. The maximum atomic E-state index is 9.67. The van der Waals surface area contributed by atoms with Gasteiger partial charge in [0, 0.05) is 27.0 Å². The zero-order valence-corrected chi connectivity index (χ0v) is 13.1. The Kier molecular flexibility index (Phi) is 22.8. The number of carbonyl (C=O) groups is 2. The first-order valence-corrected chi connectivity index (χ1v) is 5.40. The smallest absolute Gasteiger partial charge is 0.282 e. The Morgan fingerprint density at radius 1 is 1.10 bits per heavy atom. The molecule has 1 aliphatic carbocycles. The van der Waals surface area contributed by atoms with Gasteiger partial charge in [-0.1, -0.05) is 25.7 Å². The second-order valence-electron chi connectivity index (χ2n) is 3.80. The Hall–Kier alpha value is -0.572. The Labute approximate surface area is 132 Å². The first kappa shape index (κ1) is 27.7. The molecule has 0 amide bonds. The molecule has 0 aromatic carbocycles. The van der Waals surface area contributed by atoms with Crippen molar-refractivity contribution in [2.75, 3.05) is 13.1 Å². The van der Waals surface area contributed by atoms with Crippen molar-refractivity contribution in [3.8, 4) is 0 Å². The summed E-state index contributed by atoms with van der Waals surface area (Å²) >= 11 is 0. The molecule has 0 aliphatic heterocycles. The molecule has 1 aliphatic rings. The van der Waals surface area contributed by atoms with Crippen LogP contribution in [0.3, 0.4) is 0 Å². The van der Waals surface area contributed by atoms with Gasteiger partial charge in [-0.25, -0.2) is 0 Å². The molecular weight excluding hydrogens is 453 g/mol. The van der Waals surface area contributed by atoms with Crippen LogP contribution in [0.5, 0.6) is 0 Å². The molecule has 0 aromatic rings. The van der Waals surface area contributed by atoms with Gasteiger partial charge in [0.25, 0.3) is 5.97 Å². The average molecular weight is 474 g/mol. The number of carbonyl (C=O) groups excluding carboxylic acids is 1. The topological polar surface area (TPSA) is 202 Å². The van der Waals surface area contributed by atoms with E-state index < -0.39 is 25.0 Å². The van der Waals surface area contributed by atoms with Crippen LogP contribution in [-0.2, 0) is 30.7 Å². The van der Waals surface area contributed by atoms with Crippen LogP contribution in [-0.4, -0.2) is 53.2 Å². The molecule has 0 aromatic heterocycles. The molecule has 0 radical (unpaired) electrons. The summed E-state index contributed by atoms with van der Waals surface area (Å²) < 4.78 is 0. The Balaban J connectivity index is -0.000000112. The summed E-state index contributed by atoms with van der Waals surface area (Å²) in [4.78, 5) is 19.3. The van der Waals surface area contributed by atoms with Gasteiger partial charge >= 0.3 is 0 Å². The summed E-state index contributed by atoms with van der Waals surface area (Å²) in [5.74, 6) is -2.51. The average Bonchev–Trinajstić information content (AvgIpc) is 2.22. The number of carboxylic acids is 2. The van der Waals surface area contributed by atoms with Crippen LogP contribution in [0.15, 0.2) is 0 Å². The Morgan fingerprint density at radius 2 is 1.50 bits per heavy atom. The molecular formula is C10H21N3O6Pt-4. The fourth-order valence-electron chi connectivity index (χ4n) is 1.37. The molecule has 9 nitrogen and oxygen atoms in total. The van der Waals surface area contributed by atoms with E-state index >= 15 is 0 Å². The fourth-order valence-corrected chi connectivity index (χ4v) is 1.37. The normalized spacial score (nSPS) is 19.9. The molecule has 2 atom stereocenters. The number of aliphatic carboxylic acids is 2. The zero-order valence-electron chi connectivity index (χ0n) is 10.8. The van der Waals surface area contributed by atoms with Crippen LogP contribution >= 0.6 is 0 Å². The number of hydrogen-bond donors (Lipinski definition) is 1. The van der Waals surface area contributed by atoms with Crippen molar-refractivity contribution in [3.05, 3.63) is 16.8 Å². The zero-order chi connectivity index (χ0) is 13.3. The second kappa shape index (κ2) is 16.5. The van der Waals surface area contributed by atoms with E-state index in [4.69, 9.17) is 16.6 Å². The number of carboxylic acid groups (broad SMARTS) is 2. The Morgan fingerprint density at radius 3 is 1.75 bits per heavy atom. The number of nitrogens with one attached hydrogen (secondary N) is 2. The summed E-state index contributed by atoms with van der Waals surface area (Å²) in [5.41, 5.74) is 14.6. The molecule has 0 spiro atoms. The van der Waals surface area contributed by atoms with Crippen LogP contribution in [0.2, 0.25) is 0 Å². The molecule has 1 rings (SSSR count). The van der Waals surface area contributed by atoms with Gasteiger partial charge in [0.05, 0.1) is 0 Å². The van der Waals surface area contributed by atoms with E-state index in [9.17, 15) is 14.7 Å². The van der Waals surface area contributed by atoms with Gasteiger partial charge in [-0.15, -0.1) is 6.54 Å². The maximum Gasteiger partial charge on any atom is 0.282 e. The summed E-state index contributed by atoms with van der Waals surface area (Å²) in [6, 6.07) is -0.160. The van der Waals surface area contributed by atoms with Crippen molar-refractivity contribution < 1.29 is 51.8 Å². The molecule has 10 heteroatoms. The van der Waals surface area contributed by atoms with E-state index in [1.165, 1.54) is 12.8 Å². The van der Waals surface area contributed by atoms with Crippen molar-refractivity contribution in [3.63, 3.8) is 0 Å². The van der Waals surface area contributed by atoms with Crippen LogP contribution in [0.1, 0.15) is 25.7 Å². The van der Waals surface area contributed by atoms with E-state index in [2.05, 4.69) is 5.32 Å². The molecule has 126 valence electrons. The quantitative estimate of drug-likeness (QED) is 0.541. The maximum absolute atomic E-state index is 9.67. The molecule has 2 unspecified atom stereocenters. The summed E-state index contributed by atoms with van der Waals surface area (Å²) in [6.07, 6.45) is 4.25. The van der Waals surface area contributed by atoms with Crippen LogP contribution < -0.4 is 5.11 Å². The molecule has 0 saturated heterocycles. The molecule has 7 N–H and O–H groups in total. The van der Waals surface area contributed by atoms with Gasteiger partial charge in [-0.3, -0.25) is 4.79 Å². The minimum Gasteiger partial charge on any atom is -0.676 e. The monoisotopic (exact) mass is 474 g/mol. The van der Waals surface area contributed by atoms with Crippen molar-refractivity contribution in [2.24, 2.45) is 0 Å². The predicted molar refractivity (Wildman–Crippen MR) is 67.7 cm³/mol. The molecule has 1 saturated carbocycles. The summed E-state index contributed by atoms with van der Waals surface area (Å²) in [6.45, 7) is -1.03. The first-order valence-electron chi connectivity index (χ1n) is 5.40. The van der Waals surface area contributed by atoms with Crippen LogP contribution in [0.4, 0.5) is 0 Å². The van der Waals surface area contributed by atoms with Crippen molar-refractivity contribution >= 4 is 11.9 Å². The van der Waals surface area contributed by atoms with Crippen LogP contribution in [0.25, 0.3) is 16.8 Å². The van der Waals surface area contributed by atoms with Gasteiger partial charge in [0.15, 0.2) is 0 Å². The third kappa shape index (κ3) is 17.4. The molecule has 0 heterocycles. The predicted octanol–water partition coefficient (Wildman–Crippen LogP) is -1.06. The van der Waals surface area contributed by atoms with E-state index in [1.807, 2.05) is 0 Å². The molecule has 20 heavy (non-hydrogen) atoms. The number of hydrogen-bond acceptors (Lipinski definition) is 3. The fraction of sp³-hybridized carbons (Fsp3) is 0.800. The third-order valence-corrected chi connectivity index (χ3v) is 2.25. The van der Waals surface area contributed by atoms with Crippen molar-refractivity contribution in [1.29, 1.82) is 0 Å². The van der Waals surface area contributed by atoms with E-state index in [-0.39, 0.29) is 44.1 Å². The second-order valence-corrected chi connectivity index (χ2v) is 3.80. The van der Waals surface area contributed by atoms with Gasteiger partial charge in [0.2, 0.25) is 0 Å². The van der Waals surface area contributed by atoms with E-state index in [0.29, 0.717) is 0 Å². The summed E-state index contributed by atoms with van der Waals surface area (Å²) in [5, 5.41) is 20.6. The van der Waals surface area contributed by atoms with Gasteiger partial charge in [-0.05, 0) is 6.54 Å². The van der Waals surface area contributed by atoms with E-state index in [1.54, 1.807) is 0 Å². The third-order valence-electron chi connectivity index (χ3n) is 2.25. The number of rotatable bonds is 4. The van der Waals surface area contributed by atoms with Gasteiger partial charge in [0.1, 0.15) is 0 Å². The largest absolute Gasteiger partial charge is 0.676 e. The Bertz CT molecular complexity index is 233.